The van der Waals surface area contributed by atoms with E-state index in [0.717, 1.165) is 71.5 Å². The molecule has 1 fully saturated rings. The topological polar surface area (TPSA) is 58.1 Å². The van der Waals surface area contributed by atoms with Crippen LogP contribution >= 0.6 is 24.0 Å². The molecule has 0 unspecified atom stereocenters. The molecule has 1 saturated heterocycles. The Labute approximate surface area is 187 Å². The number of guanidine groups is 1. The number of ether oxygens (including phenoxy) is 2. The summed E-state index contributed by atoms with van der Waals surface area (Å²) < 4.78 is 11.1. The molecule has 0 aromatic heterocycles. The summed E-state index contributed by atoms with van der Waals surface area (Å²) in [4.78, 5) is 6.77. The van der Waals surface area contributed by atoms with Gasteiger partial charge in [0.25, 0.3) is 0 Å². The number of aliphatic imine (C=N–C) groups is 1. The maximum Gasteiger partial charge on any atom is 0.191 e. The van der Waals surface area contributed by atoms with Crippen LogP contribution in [0, 0.1) is 5.92 Å². The van der Waals surface area contributed by atoms with Crippen molar-refractivity contribution in [2.24, 2.45) is 10.9 Å². The Morgan fingerprint density at radius 1 is 1.18 bits per heavy atom. The first kappa shape index (κ1) is 25.1. The first-order valence-corrected chi connectivity index (χ1v) is 10.1. The van der Waals surface area contributed by atoms with Gasteiger partial charge in [-0.25, -0.2) is 0 Å². The van der Waals surface area contributed by atoms with Crippen LogP contribution in [0.2, 0.25) is 0 Å². The Hall–Kier alpha value is -0.900. The minimum absolute atomic E-state index is 0. The second kappa shape index (κ2) is 15.0. The van der Waals surface area contributed by atoms with Gasteiger partial charge >= 0.3 is 0 Å². The highest BCUT2D eigenvalue weighted by Gasteiger charge is 2.12. The lowest BCUT2D eigenvalue weighted by Gasteiger charge is -2.27. The molecule has 0 amide bonds. The van der Waals surface area contributed by atoms with Gasteiger partial charge in [0.2, 0.25) is 0 Å². The van der Waals surface area contributed by atoms with E-state index in [1.165, 1.54) is 11.1 Å². The summed E-state index contributed by atoms with van der Waals surface area (Å²) in [6.07, 6.45) is 0.973. The highest BCUT2D eigenvalue weighted by atomic mass is 127. The molecule has 0 aliphatic carbocycles. The molecule has 28 heavy (non-hydrogen) atoms. The van der Waals surface area contributed by atoms with Gasteiger partial charge in [-0.1, -0.05) is 38.1 Å². The highest BCUT2D eigenvalue weighted by Crippen LogP contribution is 2.13. The van der Waals surface area contributed by atoms with Crippen LogP contribution in [0.15, 0.2) is 29.3 Å². The zero-order chi connectivity index (χ0) is 19.3. The van der Waals surface area contributed by atoms with Crippen molar-refractivity contribution in [3.63, 3.8) is 0 Å². The summed E-state index contributed by atoms with van der Waals surface area (Å²) in [6, 6.07) is 8.62. The molecule has 0 spiro atoms. The van der Waals surface area contributed by atoms with E-state index in [9.17, 15) is 0 Å². The second-order valence-electron chi connectivity index (χ2n) is 7.33. The third-order valence-corrected chi connectivity index (χ3v) is 4.50. The number of morpholine rings is 1. The molecular weight excluding hydrogens is 467 g/mol. The minimum atomic E-state index is 0. The van der Waals surface area contributed by atoms with Crippen LogP contribution in [0.4, 0.5) is 0 Å². The predicted molar refractivity (Wildman–Crippen MR) is 126 cm³/mol. The van der Waals surface area contributed by atoms with E-state index in [4.69, 9.17) is 9.47 Å². The van der Waals surface area contributed by atoms with E-state index < -0.39 is 0 Å². The Bertz CT molecular complexity index is 563. The lowest BCUT2D eigenvalue weighted by atomic mass is 10.1. The summed E-state index contributed by atoms with van der Waals surface area (Å²) in [5.41, 5.74) is 2.68. The molecule has 1 aromatic rings. The third kappa shape index (κ3) is 10.0. The first-order valence-electron chi connectivity index (χ1n) is 10.1. The van der Waals surface area contributed by atoms with Crippen LogP contribution in [0.25, 0.3) is 0 Å². The van der Waals surface area contributed by atoms with Crippen molar-refractivity contribution in [1.29, 1.82) is 0 Å². The molecule has 2 N–H and O–H groups in total. The molecule has 0 atom stereocenters. The van der Waals surface area contributed by atoms with Crippen molar-refractivity contribution in [1.82, 2.24) is 15.5 Å². The van der Waals surface area contributed by atoms with Crippen molar-refractivity contribution in [2.75, 3.05) is 53.1 Å². The molecule has 0 radical (unpaired) electrons. The number of hydrogen-bond donors (Lipinski definition) is 2. The Balaban J connectivity index is 0.00000392. The Kier molecular flexibility index (Phi) is 13.5. The van der Waals surface area contributed by atoms with Gasteiger partial charge in [-0.15, -0.1) is 24.0 Å². The number of nitrogens with zero attached hydrogens (tertiary/aromatic N) is 2. The normalized spacial score (nSPS) is 15.4. The van der Waals surface area contributed by atoms with Gasteiger partial charge in [-0.05, 0) is 23.5 Å². The lowest BCUT2D eigenvalue weighted by Crippen LogP contribution is -2.38. The van der Waals surface area contributed by atoms with Crippen LogP contribution in [0.3, 0.4) is 0 Å². The van der Waals surface area contributed by atoms with Crippen molar-refractivity contribution < 1.29 is 9.47 Å². The fourth-order valence-corrected chi connectivity index (χ4v) is 2.98. The third-order valence-electron chi connectivity index (χ3n) is 4.50. The number of nitrogens with one attached hydrogen (secondary N) is 2. The average molecular weight is 504 g/mol. The fraction of sp³-hybridized carbons (Fsp3) is 0.667. The van der Waals surface area contributed by atoms with Crippen LogP contribution in [0.5, 0.6) is 0 Å². The first-order chi connectivity index (χ1) is 13.2. The fourth-order valence-electron chi connectivity index (χ4n) is 2.98. The molecule has 1 aliphatic rings. The second-order valence-corrected chi connectivity index (χ2v) is 7.33. The van der Waals surface area contributed by atoms with Gasteiger partial charge < -0.3 is 20.1 Å². The van der Waals surface area contributed by atoms with Crippen molar-refractivity contribution >= 4 is 29.9 Å². The molecule has 0 bridgehead atoms. The standard InChI is InChI=1S/C21H36N4O2.HI/c1-18(2)17-27-12-6-9-23-21(22-3)24-15-19-7-4-5-8-20(19)16-25-10-13-26-14-11-25;/h4-5,7-8,18H,6,9-17H2,1-3H3,(H2,22,23,24);1H. The monoisotopic (exact) mass is 504 g/mol. The molecule has 2 rings (SSSR count). The summed E-state index contributed by atoms with van der Waals surface area (Å²) in [7, 11) is 1.81. The van der Waals surface area contributed by atoms with Gasteiger partial charge in [0, 0.05) is 53.0 Å². The van der Waals surface area contributed by atoms with E-state index >= 15 is 0 Å². The highest BCUT2D eigenvalue weighted by molar-refractivity contribution is 14.0. The summed E-state index contributed by atoms with van der Waals surface area (Å²) in [6.45, 7) is 12.2. The van der Waals surface area contributed by atoms with Gasteiger partial charge in [0.1, 0.15) is 0 Å². The summed E-state index contributed by atoms with van der Waals surface area (Å²) in [5.74, 6) is 1.42. The predicted octanol–water partition coefficient (Wildman–Crippen LogP) is 2.86. The zero-order valence-electron chi connectivity index (χ0n) is 17.6. The molecule has 7 heteroatoms. The zero-order valence-corrected chi connectivity index (χ0v) is 19.9. The van der Waals surface area contributed by atoms with Crippen molar-refractivity contribution in [3.8, 4) is 0 Å². The SMILES string of the molecule is CN=C(NCCCOCC(C)C)NCc1ccccc1CN1CCOCC1.I. The van der Waals surface area contributed by atoms with Gasteiger partial charge in [0.05, 0.1) is 13.2 Å². The minimum Gasteiger partial charge on any atom is -0.381 e. The molecule has 160 valence electrons. The largest absolute Gasteiger partial charge is 0.381 e. The van der Waals surface area contributed by atoms with Gasteiger partial charge in [-0.2, -0.15) is 0 Å². The molecule has 0 saturated carbocycles. The van der Waals surface area contributed by atoms with E-state index in [1.54, 1.807) is 0 Å². The van der Waals surface area contributed by atoms with Crippen LogP contribution in [-0.4, -0.2) is 64.0 Å². The van der Waals surface area contributed by atoms with E-state index in [-0.39, 0.29) is 24.0 Å². The molecule has 6 nitrogen and oxygen atoms in total. The Morgan fingerprint density at radius 3 is 2.57 bits per heavy atom. The molecule has 1 heterocycles. The number of rotatable bonds is 10. The molecule has 1 aliphatic heterocycles. The van der Waals surface area contributed by atoms with Crippen LogP contribution in [0.1, 0.15) is 31.4 Å². The van der Waals surface area contributed by atoms with E-state index in [1.807, 2.05) is 7.05 Å². The quantitative estimate of drug-likeness (QED) is 0.222. The van der Waals surface area contributed by atoms with Gasteiger partial charge in [0.15, 0.2) is 5.96 Å². The number of benzene rings is 1. The smallest absolute Gasteiger partial charge is 0.191 e. The van der Waals surface area contributed by atoms with E-state index in [0.29, 0.717) is 5.92 Å². The molecular formula is C21H37IN4O2. The average Bonchev–Trinajstić information content (AvgIpc) is 2.68. The number of halogens is 1. The van der Waals surface area contributed by atoms with Gasteiger partial charge in [-0.3, -0.25) is 9.89 Å². The summed E-state index contributed by atoms with van der Waals surface area (Å²) in [5, 5.41) is 6.79. The summed E-state index contributed by atoms with van der Waals surface area (Å²) >= 11 is 0. The number of hydrogen-bond acceptors (Lipinski definition) is 4. The van der Waals surface area contributed by atoms with Crippen LogP contribution in [-0.2, 0) is 22.6 Å². The lowest BCUT2D eigenvalue weighted by molar-refractivity contribution is 0.0341. The van der Waals surface area contributed by atoms with Crippen molar-refractivity contribution in [3.05, 3.63) is 35.4 Å². The maximum absolute atomic E-state index is 5.61. The van der Waals surface area contributed by atoms with Crippen LogP contribution < -0.4 is 10.6 Å². The van der Waals surface area contributed by atoms with E-state index in [2.05, 4.69) is 58.6 Å². The van der Waals surface area contributed by atoms with Crippen molar-refractivity contribution in [2.45, 2.75) is 33.4 Å². The maximum atomic E-state index is 5.61. The Morgan fingerprint density at radius 2 is 1.89 bits per heavy atom. The molecule has 1 aromatic carbocycles.